The summed E-state index contributed by atoms with van der Waals surface area (Å²) >= 11 is 0. The Morgan fingerprint density at radius 3 is 2.29 bits per heavy atom. The Balaban J connectivity index is 1.61. The third-order valence-electron chi connectivity index (χ3n) is 5.57. The van der Waals surface area contributed by atoms with Crippen LogP contribution in [0, 0.1) is 0 Å². The summed E-state index contributed by atoms with van der Waals surface area (Å²) < 4.78 is 11.5. The van der Waals surface area contributed by atoms with Gasteiger partial charge in [-0.2, -0.15) is 0 Å². The Kier molecular flexibility index (Phi) is 6.77. The van der Waals surface area contributed by atoms with Crippen LogP contribution in [0.3, 0.4) is 0 Å². The third-order valence-corrected chi connectivity index (χ3v) is 5.57. The summed E-state index contributed by atoms with van der Waals surface area (Å²) in [6.07, 6.45) is 1.06. The first-order valence-electron chi connectivity index (χ1n) is 10.8. The summed E-state index contributed by atoms with van der Waals surface area (Å²) in [5.74, 6) is 0.285. The van der Waals surface area contributed by atoms with Gasteiger partial charge in [0.1, 0.15) is 6.29 Å². The summed E-state index contributed by atoms with van der Waals surface area (Å²) in [7, 11) is 2.91. The van der Waals surface area contributed by atoms with Crippen LogP contribution in [0.2, 0.25) is 0 Å². The zero-order valence-corrected chi connectivity index (χ0v) is 19.1. The standard InChI is InChI=1S/C26H23N3O6/c1-34-22-13-20-21(14-23(22)35-2)28-26(33)29(25(20)32)19-10-8-17(9-11-19)24(31)27-18(15-30)12-16-6-4-3-5-7-16/h3-11,13-15,18H,12H2,1-2H3,(H,27,31)(H,28,33)/t18-/m0/s1. The SMILES string of the molecule is COc1cc2[nH]c(=O)n(-c3ccc(C(=O)N[C@H](C=O)Cc4ccccc4)cc3)c(=O)c2cc1OC. The lowest BCUT2D eigenvalue weighted by atomic mass is 10.1. The van der Waals surface area contributed by atoms with Gasteiger partial charge >= 0.3 is 5.69 Å². The van der Waals surface area contributed by atoms with Gasteiger partial charge in [0, 0.05) is 11.6 Å². The molecule has 1 heterocycles. The lowest BCUT2D eigenvalue weighted by Gasteiger charge is -2.13. The number of rotatable bonds is 8. The van der Waals surface area contributed by atoms with E-state index in [0.29, 0.717) is 29.7 Å². The van der Waals surface area contributed by atoms with Crippen molar-refractivity contribution in [3.63, 3.8) is 0 Å². The van der Waals surface area contributed by atoms with Gasteiger partial charge in [-0.15, -0.1) is 0 Å². The van der Waals surface area contributed by atoms with Gasteiger partial charge < -0.3 is 24.6 Å². The molecule has 2 N–H and O–H groups in total. The lowest BCUT2D eigenvalue weighted by molar-refractivity contribution is -0.109. The molecule has 1 amide bonds. The molecule has 4 rings (SSSR count). The monoisotopic (exact) mass is 473 g/mol. The summed E-state index contributed by atoms with van der Waals surface area (Å²) in [6.45, 7) is 0. The van der Waals surface area contributed by atoms with Crippen LogP contribution >= 0.6 is 0 Å². The summed E-state index contributed by atoms with van der Waals surface area (Å²) in [4.78, 5) is 52.6. The van der Waals surface area contributed by atoms with E-state index in [-0.39, 0.29) is 16.6 Å². The molecule has 0 aliphatic heterocycles. The predicted octanol–water partition coefficient (Wildman–Crippen LogP) is 2.24. The molecule has 0 unspecified atom stereocenters. The number of benzene rings is 3. The highest BCUT2D eigenvalue weighted by Gasteiger charge is 2.16. The average Bonchev–Trinajstić information content (AvgIpc) is 2.88. The van der Waals surface area contributed by atoms with Crippen molar-refractivity contribution in [2.45, 2.75) is 12.5 Å². The minimum absolute atomic E-state index is 0.235. The van der Waals surface area contributed by atoms with Crippen LogP contribution in [0.1, 0.15) is 15.9 Å². The van der Waals surface area contributed by atoms with E-state index in [4.69, 9.17) is 9.47 Å². The van der Waals surface area contributed by atoms with Gasteiger partial charge in [-0.1, -0.05) is 30.3 Å². The molecule has 35 heavy (non-hydrogen) atoms. The van der Waals surface area contributed by atoms with Crippen molar-refractivity contribution >= 4 is 23.1 Å². The van der Waals surface area contributed by atoms with Crippen molar-refractivity contribution in [2.24, 2.45) is 0 Å². The number of hydrogen-bond acceptors (Lipinski definition) is 6. The van der Waals surface area contributed by atoms with E-state index in [9.17, 15) is 19.2 Å². The number of methoxy groups -OCH3 is 2. The Morgan fingerprint density at radius 2 is 1.66 bits per heavy atom. The summed E-state index contributed by atoms with van der Waals surface area (Å²) in [5, 5.41) is 2.93. The number of H-pyrrole nitrogens is 1. The number of aromatic nitrogens is 2. The molecule has 0 aliphatic rings. The largest absolute Gasteiger partial charge is 0.493 e. The maximum Gasteiger partial charge on any atom is 0.333 e. The van der Waals surface area contributed by atoms with Crippen molar-refractivity contribution in [1.82, 2.24) is 14.9 Å². The molecule has 0 bridgehead atoms. The number of aldehydes is 1. The Labute approximate surface area is 199 Å². The average molecular weight is 473 g/mol. The predicted molar refractivity (Wildman–Crippen MR) is 131 cm³/mol. The number of nitrogens with one attached hydrogen (secondary N) is 2. The van der Waals surface area contributed by atoms with E-state index in [2.05, 4.69) is 10.3 Å². The van der Waals surface area contributed by atoms with Crippen LogP contribution in [0.5, 0.6) is 11.5 Å². The van der Waals surface area contributed by atoms with Crippen molar-refractivity contribution in [3.8, 4) is 17.2 Å². The van der Waals surface area contributed by atoms with E-state index in [1.54, 1.807) is 0 Å². The highest BCUT2D eigenvalue weighted by atomic mass is 16.5. The minimum Gasteiger partial charge on any atom is -0.493 e. The molecule has 0 spiro atoms. The van der Waals surface area contributed by atoms with Gasteiger partial charge in [0.2, 0.25) is 0 Å². The molecule has 0 aliphatic carbocycles. The fourth-order valence-corrected chi connectivity index (χ4v) is 3.79. The molecular formula is C26H23N3O6. The summed E-state index contributed by atoms with van der Waals surface area (Å²) in [6, 6.07) is 17.6. The number of carbonyl (C=O) groups is 2. The molecule has 178 valence electrons. The smallest absolute Gasteiger partial charge is 0.333 e. The Morgan fingerprint density at radius 1 is 1.00 bits per heavy atom. The molecule has 4 aromatic rings. The molecule has 0 radical (unpaired) electrons. The van der Waals surface area contributed by atoms with Gasteiger partial charge in [0.05, 0.1) is 36.9 Å². The molecule has 1 aromatic heterocycles. The number of fused-ring (bicyclic) bond motifs is 1. The zero-order chi connectivity index (χ0) is 24.9. The van der Waals surface area contributed by atoms with Gasteiger partial charge in [0.15, 0.2) is 11.5 Å². The number of hydrogen-bond donors (Lipinski definition) is 2. The molecule has 9 nitrogen and oxygen atoms in total. The fourth-order valence-electron chi connectivity index (χ4n) is 3.79. The number of aromatic amines is 1. The normalized spacial score (nSPS) is 11.6. The Hall–Kier alpha value is -4.66. The topological polar surface area (TPSA) is 119 Å². The highest BCUT2D eigenvalue weighted by Crippen LogP contribution is 2.29. The van der Waals surface area contributed by atoms with Crippen LogP contribution in [0.15, 0.2) is 76.3 Å². The second-order valence-corrected chi connectivity index (χ2v) is 7.78. The van der Waals surface area contributed by atoms with Gasteiger partial charge in [-0.3, -0.25) is 9.59 Å². The molecule has 0 saturated heterocycles. The van der Waals surface area contributed by atoms with Crippen LogP contribution in [0.4, 0.5) is 0 Å². The minimum atomic E-state index is -0.692. The first kappa shape index (κ1) is 23.5. The number of ether oxygens (including phenoxy) is 2. The maximum atomic E-state index is 13.1. The highest BCUT2D eigenvalue weighted by molar-refractivity contribution is 5.95. The van der Waals surface area contributed by atoms with Crippen LogP contribution in [0.25, 0.3) is 16.6 Å². The molecular weight excluding hydrogens is 450 g/mol. The molecule has 0 saturated carbocycles. The van der Waals surface area contributed by atoms with Gasteiger partial charge in [0.25, 0.3) is 11.5 Å². The Bertz CT molecular complexity index is 1490. The van der Waals surface area contributed by atoms with Crippen LogP contribution in [-0.2, 0) is 11.2 Å². The van der Waals surface area contributed by atoms with E-state index in [1.165, 1.54) is 50.6 Å². The van der Waals surface area contributed by atoms with Crippen molar-refractivity contribution in [1.29, 1.82) is 0 Å². The second-order valence-electron chi connectivity index (χ2n) is 7.78. The second kappa shape index (κ2) is 10.1. The van der Waals surface area contributed by atoms with Crippen molar-refractivity contribution in [3.05, 3.63) is 98.7 Å². The van der Waals surface area contributed by atoms with E-state index in [1.807, 2.05) is 30.3 Å². The third kappa shape index (κ3) is 4.84. The van der Waals surface area contributed by atoms with Gasteiger partial charge in [-0.25, -0.2) is 9.36 Å². The van der Waals surface area contributed by atoms with E-state index >= 15 is 0 Å². The van der Waals surface area contributed by atoms with Crippen LogP contribution < -0.4 is 26.0 Å². The number of nitrogens with zero attached hydrogens (tertiary/aromatic N) is 1. The summed E-state index contributed by atoms with van der Waals surface area (Å²) in [5.41, 5.74) is 0.597. The van der Waals surface area contributed by atoms with Crippen molar-refractivity contribution in [2.75, 3.05) is 14.2 Å². The fraction of sp³-hybridized carbons (Fsp3) is 0.154. The molecule has 3 aromatic carbocycles. The maximum absolute atomic E-state index is 13.1. The molecule has 0 fully saturated rings. The first-order chi connectivity index (χ1) is 16.9. The zero-order valence-electron chi connectivity index (χ0n) is 19.1. The van der Waals surface area contributed by atoms with Crippen molar-refractivity contribution < 1.29 is 19.1 Å². The molecule has 1 atom stereocenters. The quantitative estimate of drug-likeness (QED) is 0.379. The van der Waals surface area contributed by atoms with E-state index < -0.39 is 23.2 Å². The first-order valence-corrected chi connectivity index (χ1v) is 10.8. The molecule has 9 heteroatoms. The van der Waals surface area contributed by atoms with Crippen LogP contribution in [-0.4, -0.2) is 42.0 Å². The number of carbonyl (C=O) groups excluding carboxylic acids is 2. The van der Waals surface area contributed by atoms with E-state index in [0.717, 1.165) is 10.1 Å². The lowest BCUT2D eigenvalue weighted by Crippen LogP contribution is -2.37. The number of amides is 1. The van der Waals surface area contributed by atoms with Gasteiger partial charge in [-0.05, 0) is 42.3 Å².